The Bertz CT molecular complexity index is 529. The SMILES string of the molecule is Fc1cnc(Nc2ccc(CCCl)cc2)c(F)c1. The molecule has 0 spiro atoms. The summed E-state index contributed by atoms with van der Waals surface area (Å²) in [7, 11) is 0. The van der Waals surface area contributed by atoms with Gasteiger partial charge in [-0.15, -0.1) is 11.6 Å². The molecule has 0 unspecified atom stereocenters. The molecule has 2 aromatic rings. The van der Waals surface area contributed by atoms with Crippen molar-refractivity contribution in [3.05, 3.63) is 53.7 Å². The van der Waals surface area contributed by atoms with Crippen molar-refractivity contribution in [1.29, 1.82) is 0 Å². The second-order valence-electron chi connectivity index (χ2n) is 3.74. The number of benzene rings is 1. The first kappa shape index (κ1) is 12.8. The number of nitrogens with zero attached hydrogens (tertiary/aromatic N) is 1. The van der Waals surface area contributed by atoms with E-state index < -0.39 is 11.6 Å². The van der Waals surface area contributed by atoms with E-state index in [-0.39, 0.29) is 5.82 Å². The Kier molecular flexibility index (Phi) is 4.10. The molecule has 0 radical (unpaired) electrons. The van der Waals surface area contributed by atoms with Crippen LogP contribution in [0, 0.1) is 11.6 Å². The van der Waals surface area contributed by atoms with Gasteiger partial charge >= 0.3 is 0 Å². The Morgan fingerprint density at radius 1 is 1.17 bits per heavy atom. The average Bonchev–Trinajstić information content (AvgIpc) is 2.35. The van der Waals surface area contributed by atoms with E-state index in [2.05, 4.69) is 10.3 Å². The molecule has 18 heavy (non-hydrogen) atoms. The standard InChI is InChI=1S/C13H11ClF2N2/c14-6-5-9-1-3-11(4-2-9)18-13-12(16)7-10(15)8-17-13/h1-4,7-8H,5-6H2,(H,17,18). The normalized spacial score (nSPS) is 10.4. The maximum absolute atomic E-state index is 13.4. The highest BCUT2D eigenvalue weighted by Crippen LogP contribution is 2.18. The lowest BCUT2D eigenvalue weighted by molar-refractivity contribution is 0.576. The van der Waals surface area contributed by atoms with Crippen molar-refractivity contribution in [3.63, 3.8) is 0 Å². The van der Waals surface area contributed by atoms with Crippen LogP contribution in [0.25, 0.3) is 0 Å². The molecule has 1 aromatic heterocycles. The van der Waals surface area contributed by atoms with Crippen LogP contribution in [0.2, 0.25) is 0 Å². The Morgan fingerprint density at radius 3 is 2.50 bits per heavy atom. The van der Waals surface area contributed by atoms with Crippen molar-refractivity contribution in [2.24, 2.45) is 0 Å². The van der Waals surface area contributed by atoms with E-state index in [1.54, 1.807) is 12.1 Å². The summed E-state index contributed by atoms with van der Waals surface area (Å²) in [6.07, 6.45) is 1.75. The summed E-state index contributed by atoms with van der Waals surface area (Å²) in [6, 6.07) is 8.17. The van der Waals surface area contributed by atoms with Crippen molar-refractivity contribution < 1.29 is 8.78 Å². The second-order valence-corrected chi connectivity index (χ2v) is 4.12. The third-order valence-corrected chi connectivity index (χ3v) is 2.60. The smallest absolute Gasteiger partial charge is 0.168 e. The number of alkyl halides is 1. The fourth-order valence-corrected chi connectivity index (χ4v) is 1.73. The highest BCUT2D eigenvalue weighted by molar-refractivity contribution is 6.17. The summed E-state index contributed by atoms with van der Waals surface area (Å²) in [6.45, 7) is 0. The molecule has 2 nitrogen and oxygen atoms in total. The third-order valence-electron chi connectivity index (χ3n) is 2.41. The number of nitrogens with one attached hydrogen (secondary N) is 1. The molecule has 0 saturated carbocycles. The van der Waals surface area contributed by atoms with E-state index in [4.69, 9.17) is 11.6 Å². The average molecular weight is 269 g/mol. The van der Waals surface area contributed by atoms with E-state index in [9.17, 15) is 8.78 Å². The zero-order valence-electron chi connectivity index (χ0n) is 9.46. The molecule has 94 valence electrons. The Balaban J connectivity index is 2.13. The number of aryl methyl sites for hydroxylation is 1. The van der Waals surface area contributed by atoms with Crippen molar-refractivity contribution in [3.8, 4) is 0 Å². The van der Waals surface area contributed by atoms with Crippen molar-refractivity contribution >= 4 is 23.1 Å². The molecule has 0 atom stereocenters. The quantitative estimate of drug-likeness (QED) is 0.851. The molecular weight excluding hydrogens is 258 g/mol. The predicted octanol–water partition coefficient (Wildman–Crippen LogP) is 3.88. The van der Waals surface area contributed by atoms with E-state index in [1.807, 2.05) is 12.1 Å². The lowest BCUT2D eigenvalue weighted by Gasteiger charge is -2.07. The minimum Gasteiger partial charge on any atom is -0.338 e. The van der Waals surface area contributed by atoms with E-state index in [1.165, 1.54) is 0 Å². The van der Waals surface area contributed by atoms with E-state index in [0.29, 0.717) is 11.6 Å². The molecule has 0 saturated heterocycles. The Hall–Kier alpha value is -1.68. The summed E-state index contributed by atoms with van der Waals surface area (Å²) in [4.78, 5) is 3.65. The van der Waals surface area contributed by atoms with Gasteiger partial charge in [0.25, 0.3) is 0 Å². The Labute approximate surface area is 109 Å². The van der Waals surface area contributed by atoms with Crippen molar-refractivity contribution in [2.75, 3.05) is 11.2 Å². The largest absolute Gasteiger partial charge is 0.338 e. The molecule has 1 N–H and O–H groups in total. The third kappa shape index (κ3) is 3.17. The summed E-state index contributed by atoms with van der Waals surface area (Å²) in [5.41, 5.74) is 1.79. The molecule has 2 rings (SSSR count). The topological polar surface area (TPSA) is 24.9 Å². The molecule has 0 aliphatic carbocycles. The van der Waals surface area contributed by atoms with Gasteiger partial charge in [-0.1, -0.05) is 12.1 Å². The van der Waals surface area contributed by atoms with Crippen LogP contribution in [0.15, 0.2) is 36.5 Å². The van der Waals surface area contributed by atoms with Crippen LogP contribution in [0.3, 0.4) is 0 Å². The number of pyridine rings is 1. The Morgan fingerprint density at radius 2 is 1.89 bits per heavy atom. The molecular formula is C13H11ClF2N2. The van der Waals surface area contributed by atoms with Gasteiger partial charge in [-0.2, -0.15) is 0 Å². The van der Waals surface area contributed by atoms with Gasteiger partial charge in [0.2, 0.25) is 0 Å². The molecule has 0 aliphatic rings. The summed E-state index contributed by atoms with van der Waals surface area (Å²) < 4.78 is 26.0. The van der Waals surface area contributed by atoms with Gasteiger partial charge in [-0.25, -0.2) is 13.8 Å². The number of rotatable bonds is 4. The fourth-order valence-electron chi connectivity index (χ4n) is 1.51. The number of halogens is 3. The van der Waals surface area contributed by atoms with E-state index in [0.717, 1.165) is 24.2 Å². The van der Waals surface area contributed by atoms with Crippen LogP contribution in [-0.2, 0) is 6.42 Å². The first-order valence-corrected chi connectivity index (χ1v) is 5.95. The summed E-state index contributed by atoms with van der Waals surface area (Å²) in [5, 5.41) is 2.78. The predicted molar refractivity (Wildman–Crippen MR) is 68.3 cm³/mol. The van der Waals surface area contributed by atoms with Crippen LogP contribution < -0.4 is 5.32 Å². The molecule has 0 bridgehead atoms. The lowest BCUT2D eigenvalue weighted by atomic mass is 10.1. The zero-order valence-corrected chi connectivity index (χ0v) is 10.2. The molecule has 1 heterocycles. The van der Waals surface area contributed by atoms with Crippen LogP contribution in [-0.4, -0.2) is 10.9 Å². The fraction of sp³-hybridized carbons (Fsp3) is 0.154. The second kappa shape index (κ2) is 5.78. The maximum atomic E-state index is 13.4. The van der Waals surface area contributed by atoms with Crippen molar-refractivity contribution in [2.45, 2.75) is 6.42 Å². The van der Waals surface area contributed by atoms with Crippen LogP contribution >= 0.6 is 11.6 Å². The molecule has 0 amide bonds. The van der Waals surface area contributed by atoms with Gasteiger partial charge in [0.15, 0.2) is 11.6 Å². The first-order valence-electron chi connectivity index (χ1n) is 5.42. The minimum absolute atomic E-state index is 0.00138. The molecule has 5 heteroatoms. The van der Waals surface area contributed by atoms with E-state index >= 15 is 0 Å². The van der Waals surface area contributed by atoms with Gasteiger partial charge in [0, 0.05) is 17.6 Å². The lowest BCUT2D eigenvalue weighted by Crippen LogP contribution is -1.98. The number of anilines is 2. The highest BCUT2D eigenvalue weighted by Gasteiger charge is 2.05. The summed E-state index contributed by atoms with van der Waals surface area (Å²) in [5.74, 6) is -0.863. The number of hydrogen-bond donors (Lipinski definition) is 1. The van der Waals surface area contributed by atoms with Crippen LogP contribution in [0.1, 0.15) is 5.56 Å². The van der Waals surface area contributed by atoms with Gasteiger partial charge in [-0.05, 0) is 24.1 Å². The van der Waals surface area contributed by atoms with Gasteiger partial charge in [0.1, 0.15) is 5.82 Å². The number of aromatic nitrogens is 1. The maximum Gasteiger partial charge on any atom is 0.168 e. The minimum atomic E-state index is -0.722. The highest BCUT2D eigenvalue weighted by atomic mass is 35.5. The van der Waals surface area contributed by atoms with Gasteiger partial charge in [-0.3, -0.25) is 0 Å². The van der Waals surface area contributed by atoms with Crippen LogP contribution in [0.5, 0.6) is 0 Å². The number of hydrogen-bond acceptors (Lipinski definition) is 2. The molecule has 0 aliphatic heterocycles. The van der Waals surface area contributed by atoms with Gasteiger partial charge in [0.05, 0.1) is 6.20 Å². The first-order chi connectivity index (χ1) is 8.69. The summed E-state index contributed by atoms with van der Waals surface area (Å²) >= 11 is 5.63. The monoisotopic (exact) mass is 268 g/mol. The molecule has 0 fully saturated rings. The zero-order chi connectivity index (χ0) is 13.0. The molecule has 1 aromatic carbocycles. The van der Waals surface area contributed by atoms with Gasteiger partial charge < -0.3 is 5.32 Å². The van der Waals surface area contributed by atoms with Crippen molar-refractivity contribution in [1.82, 2.24) is 4.98 Å². The van der Waals surface area contributed by atoms with Crippen LogP contribution in [0.4, 0.5) is 20.3 Å².